The molecular formula is C19H22Cl7N3O3. The largest absolute Gasteiger partial charge is 0.437 e. The van der Waals surface area contributed by atoms with Crippen LogP contribution in [0, 0.1) is 0 Å². The molecule has 6 nitrogen and oxygen atoms in total. The molecule has 2 fully saturated rings. The molecule has 0 spiro atoms. The van der Waals surface area contributed by atoms with Gasteiger partial charge in [0, 0.05) is 45.8 Å². The van der Waals surface area contributed by atoms with Gasteiger partial charge in [-0.2, -0.15) is 0 Å². The average Bonchev–Trinajstić information content (AvgIpc) is 2.71. The zero-order chi connectivity index (χ0) is 23.5. The van der Waals surface area contributed by atoms with E-state index in [0.717, 1.165) is 29.4 Å². The molecule has 0 unspecified atom stereocenters. The molecule has 3 rings (SSSR count). The van der Waals surface area contributed by atoms with Gasteiger partial charge in [-0.05, 0) is 17.7 Å². The SMILES string of the molecule is O=C(OC(C(Cl)(Cl)Cl)C(Cl)(Cl)Cl)N1CCN(Cc2ccc(N3CCOCC3)c(Cl)c2)CC1. The third kappa shape index (κ3) is 7.37. The van der Waals surface area contributed by atoms with E-state index < -0.39 is 19.8 Å². The first-order chi connectivity index (χ1) is 14.9. The highest BCUT2D eigenvalue weighted by Gasteiger charge is 2.50. The van der Waals surface area contributed by atoms with E-state index in [-0.39, 0.29) is 0 Å². The van der Waals surface area contributed by atoms with Gasteiger partial charge in [-0.1, -0.05) is 87.3 Å². The van der Waals surface area contributed by atoms with E-state index in [1.54, 1.807) is 0 Å². The molecule has 13 heteroatoms. The van der Waals surface area contributed by atoms with Crippen LogP contribution in [-0.2, 0) is 16.0 Å². The predicted molar refractivity (Wildman–Crippen MR) is 132 cm³/mol. The van der Waals surface area contributed by atoms with Crippen molar-refractivity contribution in [1.82, 2.24) is 9.80 Å². The second-order valence-electron chi connectivity index (χ2n) is 7.50. The molecular weight excluding hydrogens is 566 g/mol. The lowest BCUT2D eigenvalue weighted by Gasteiger charge is -2.36. The summed E-state index contributed by atoms with van der Waals surface area (Å²) in [5.74, 6) is 0. The molecule has 2 heterocycles. The smallest absolute Gasteiger partial charge is 0.410 e. The van der Waals surface area contributed by atoms with Gasteiger partial charge >= 0.3 is 6.09 Å². The van der Waals surface area contributed by atoms with E-state index in [1.165, 1.54) is 4.90 Å². The molecule has 0 atom stereocenters. The third-order valence-corrected chi connectivity index (χ3v) is 6.71. The highest BCUT2D eigenvalue weighted by Crippen LogP contribution is 2.45. The van der Waals surface area contributed by atoms with Crippen LogP contribution in [0.2, 0.25) is 5.02 Å². The Morgan fingerprint density at radius 1 is 0.969 bits per heavy atom. The summed E-state index contributed by atoms with van der Waals surface area (Å²) in [6.45, 7) is 5.87. The Balaban J connectivity index is 1.52. The number of ether oxygens (including phenoxy) is 2. The molecule has 180 valence electrons. The number of alkyl halides is 6. The van der Waals surface area contributed by atoms with Crippen LogP contribution in [0.1, 0.15) is 5.56 Å². The van der Waals surface area contributed by atoms with Crippen molar-refractivity contribution in [3.05, 3.63) is 28.8 Å². The summed E-state index contributed by atoms with van der Waals surface area (Å²) < 4.78 is 6.43. The molecule has 2 aliphatic heterocycles. The van der Waals surface area contributed by atoms with Gasteiger partial charge in [-0.3, -0.25) is 4.90 Å². The molecule has 0 radical (unpaired) electrons. The molecule has 0 N–H and O–H groups in total. The number of carbonyl (C=O) groups is 1. The first-order valence-electron chi connectivity index (χ1n) is 9.87. The van der Waals surface area contributed by atoms with Crippen molar-refractivity contribution in [2.24, 2.45) is 0 Å². The number of morpholine rings is 1. The lowest BCUT2D eigenvalue weighted by molar-refractivity contribution is 0.0472. The molecule has 1 amide bonds. The number of halogens is 7. The van der Waals surface area contributed by atoms with Gasteiger partial charge in [0.1, 0.15) is 0 Å². The molecule has 1 aromatic carbocycles. The van der Waals surface area contributed by atoms with Crippen LogP contribution in [-0.4, -0.2) is 82.1 Å². The number of rotatable bonds is 4. The van der Waals surface area contributed by atoms with Crippen LogP contribution >= 0.6 is 81.2 Å². The molecule has 32 heavy (non-hydrogen) atoms. The van der Waals surface area contributed by atoms with E-state index >= 15 is 0 Å². The van der Waals surface area contributed by atoms with Crippen molar-refractivity contribution in [2.75, 3.05) is 57.4 Å². The third-order valence-electron chi connectivity index (χ3n) is 5.21. The highest BCUT2D eigenvalue weighted by molar-refractivity contribution is 6.73. The quantitative estimate of drug-likeness (QED) is 0.433. The van der Waals surface area contributed by atoms with E-state index in [0.29, 0.717) is 45.9 Å². The zero-order valence-electron chi connectivity index (χ0n) is 16.9. The molecule has 0 aromatic heterocycles. The van der Waals surface area contributed by atoms with Crippen LogP contribution in [0.5, 0.6) is 0 Å². The van der Waals surface area contributed by atoms with Gasteiger partial charge < -0.3 is 19.3 Å². The van der Waals surface area contributed by atoms with Crippen molar-refractivity contribution in [1.29, 1.82) is 0 Å². The summed E-state index contributed by atoms with van der Waals surface area (Å²) in [5, 5.41) is 0.719. The van der Waals surface area contributed by atoms with E-state index in [1.807, 2.05) is 12.1 Å². The van der Waals surface area contributed by atoms with Crippen molar-refractivity contribution >= 4 is 93.0 Å². The number of piperazine rings is 1. The van der Waals surface area contributed by atoms with Crippen LogP contribution in [0.15, 0.2) is 18.2 Å². The predicted octanol–water partition coefficient (Wildman–Crippen LogP) is 5.54. The van der Waals surface area contributed by atoms with Crippen molar-refractivity contribution in [3.8, 4) is 0 Å². The minimum absolute atomic E-state index is 0.421. The van der Waals surface area contributed by atoms with Crippen molar-refractivity contribution in [2.45, 2.75) is 20.2 Å². The lowest BCUT2D eigenvalue weighted by atomic mass is 10.1. The number of amides is 1. The maximum absolute atomic E-state index is 12.5. The fourth-order valence-electron chi connectivity index (χ4n) is 3.55. The van der Waals surface area contributed by atoms with Crippen LogP contribution in [0.25, 0.3) is 0 Å². The minimum Gasteiger partial charge on any atom is -0.437 e. The standard InChI is InChI=1S/C19H22Cl7N3O3/c20-14-11-13(1-2-15(14)28-7-9-31-10-8-28)12-27-3-5-29(6-4-27)17(30)32-16(18(21,22)23)19(24,25)26/h1-2,11,16H,3-10,12H2. The Bertz CT molecular complexity index is 775. The normalized spacial score (nSPS) is 18.9. The Morgan fingerprint density at radius 2 is 1.56 bits per heavy atom. The van der Waals surface area contributed by atoms with Crippen LogP contribution in [0.3, 0.4) is 0 Å². The van der Waals surface area contributed by atoms with Crippen molar-refractivity contribution < 1.29 is 14.3 Å². The second-order valence-corrected chi connectivity index (χ2v) is 12.6. The summed E-state index contributed by atoms with van der Waals surface area (Å²) in [4.78, 5) is 18.4. The van der Waals surface area contributed by atoms with E-state index in [4.69, 9.17) is 90.7 Å². The van der Waals surface area contributed by atoms with E-state index in [9.17, 15) is 4.79 Å². The van der Waals surface area contributed by atoms with Gasteiger partial charge in [0.05, 0.1) is 23.9 Å². The summed E-state index contributed by atoms with van der Waals surface area (Å²) in [7, 11) is 0. The molecule has 0 aliphatic carbocycles. The maximum Gasteiger partial charge on any atom is 0.410 e. The Hall–Kier alpha value is 0.240. The zero-order valence-corrected chi connectivity index (χ0v) is 22.2. The summed E-state index contributed by atoms with van der Waals surface area (Å²) >= 11 is 41.4. The van der Waals surface area contributed by atoms with Crippen molar-refractivity contribution in [3.63, 3.8) is 0 Å². The number of hydrogen-bond donors (Lipinski definition) is 0. The average molecular weight is 589 g/mol. The second kappa shape index (κ2) is 11.3. The van der Waals surface area contributed by atoms with Gasteiger partial charge in [0.25, 0.3) is 0 Å². The summed E-state index contributed by atoms with van der Waals surface area (Å²) in [6.07, 6.45) is -2.26. The topological polar surface area (TPSA) is 45.2 Å². The van der Waals surface area contributed by atoms with Gasteiger partial charge in [0.15, 0.2) is 6.10 Å². The Morgan fingerprint density at radius 3 is 2.09 bits per heavy atom. The van der Waals surface area contributed by atoms with Gasteiger partial charge in [-0.25, -0.2) is 4.79 Å². The first kappa shape index (κ1) is 26.8. The number of benzene rings is 1. The fraction of sp³-hybridized carbons (Fsp3) is 0.632. The molecule has 2 saturated heterocycles. The molecule has 1 aromatic rings. The molecule has 0 saturated carbocycles. The lowest BCUT2D eigenvalue weighted by Crippen LogP contribution is -2.51. The molecule has 2 aliphatic rings. The van der Waals surface area contributed by atoms with Crippen LogP contribution in [0.4, 0.5) is 10.5 Å². The fourth-order valence-corrected chi connectivity index (χ4v) is 5.63. The van der Waals surface area contributed by atoms with Gasteiger partial charge in [0.2, 0.25) is 7.59 Å². The first-order valence-corrected chi connectivity index (χ1v) is 12.5. The summed E-state index contributed by atoms with van der Waals surface area (Å²) in [5.41, 5.74) is 2.11. The monoisotopic (exact) mass is 585 g/mol. The number of hydrogen-bond acceptors (Lipinski definition) is 5. The number of carbonyl (C=O) groups excluding carboxylic acids is 1. The number of nitrogens with zero attached hydrogens (tertiary/aromatic N) is 3. The minimum atomic E-state index is -2.09. The van der Waals surface area contributed by atoms with Crippen LogP contribution < -0.4 is 4.90 Å². The highest BCUT2D eigenvalue weighted by atomic mass is 35.6. The molecule has 0 bridgehead atoms. The maximum atomic E-state index is 12.5. The Labute approximate surface area is 222 Å². The van der Waals surface area contributed by atoms with E-state index in [2.05, 4.69) is 15.9 Å². The number of anilines is 1. The van der Waals surface area contributed by atoms with Gasteiger partial charge in [-0.15, -0.1) is 0 Å². The Kier molecular flexibility index (Phi) is 9.49. The summed E-state index contributed by atoms with van der Waals surface area (Å²) in [6, 6.07) is 6.10.